The molecule has 4 N–H and O–H groups in total. The second-order valence-corrected chi connectivity index (χ2v) is 5.83. The Balaban J connectivity index is 1.82. The summed E-state index contributed by atoms with van der Waals surface area (Å²) in [6.45, 7) is 1.88. The summed E-state index contributed by atoms with van der Waals surface area (Å²) in [6.07, 6.45) is -0.0693. The van der Waals surface area contributed by atoms with E-state index in [9.17, 15) is 9.90 Å². The number of nitrogens with zero attached hydrogens (tertiary/aromatic N) is 2. The van der Waals surface area contributed by atoms with Gasteiger partial charge in [-0.05, 0) is 24.6 Å². The maximum atomic E-state index is 11.9. The van der Waals surface area contributed by atoms with Crippen LogP contribution in [0, 0.1) is 0 Å². The molecule has 2 aromatic heterocycles. The van der Waals surface area contributed by atoms with Crippen molar-refractivity contribution in [1.29, 1.82) is 0 Å². The fourth-order valence-corrected chi connectivity index (χ4v) is 2.82. The molecule has 0 saturated heterocycles. The summed E-state index contributed by atoms with van der Waals surface area (Å²) in [5.74, 6) is 0.515. The van der Waals surface area contributed by atoms with Crippen LogP contribution in [0.5, 0.6) is 0 Å². The van der Waals surface area contributed by atoms with Gasteiger partial charge in [0.25, 0.3) is 5.56 Å². The van der Waals surface area contributed by atoms with Crippen molar-refractivity contribution in [3.05, 3.63) is 52.8 Å². The van der Waals surface area contributed by atoms with Crippen molar-refractivity contribution in [2.45, 2.75) is 19.6 Å². The van der Waals surface area contributed by atoms with Crippen LogP contribution in [0.1, 0.15) is 13.3 Å². The van der Waals surface area contributed by atoms with E-state index in [1.807, 2.05) is 43.3 Å². The van der Waals surface area contributed by atoms with Gasteiger partial charge in [-0.15, -0.1) is 0 Å². The minimum Gasteiger partial charge on any atom is -0.374 e. The summed E-state index contributed by atoms with van der Waals surface area (Å²) >= 11 is 0. The highest BCUT2D eigenvalue weighted by Gasteiger charge is 2.11. The highest BCUT2D eigenvalue weighted by molar-refractivity contribution is 5.95. The second kappa shape index (κ2) is 6.03. The summed E-state index contributed by atoms with van der Waals surface area (Å²) < 4.78 is 0. The van der Waals surface area contributed by atoms with E-state index >= 15 is 0 Å². The van der Waals surface area contributed by atoms with E-state index in [1.165, 1.54) is 0 Å². The average Bonchev–Trinajstić information content (AvgIpc) is 3.03. The average molecular weight is 335 g/mol. The van der Waals surface area contributed by atoms with Gasteiger partial charge in [-0.3, -0.25) is 4.79 Å². The molecule has 0 aliphatic rings. The second-order valence-electron chi connectivity index (χ2n) is 5.83. The van der Waals surface area contributed by atoms with Crippen LogP contribution in [0.4, 0.5) is 5.95 Å². The van der Waals surface area contributed by atoms with E-state index in [0.717, 1.165) is 22.0 Å². The Hall–Kier alpha value is -3.19. The number of aromatic nitrogens is 4. The Bertz CT molecular complexity index is 1120. The van der Waals surface area contributed by atoms with E-state index in [0.29, 0.717) is 23.4 Å². The number of hydrogen-bond acceptors (Lipinski definition) is 5. The highest BCUT2D eigenvalue weighted by Crippen LogP contribution is 2.27. The van der Waals surface area contributed by atoms with Gasteiger partial charge in [-0.2, -0.15) is 5.10 Å². The maximum Gasteiger partial charge on any atom is 0.272 e. The number of rotatable bonds is 4. The summed E-state index contributed by atoms with van der Waals surface area (Å²) in [6, 6.07) is 13.1. The first-order chi connectivity index (χ1) is 12.2. The molecule has 2 heterocycles. The molecule has 0 spiro atoms. The molecule has 7 heteroatoms. The lowest BCUT2D eigenvalue weighted by Gasteiger charge is -2.07. The number of aliphatic hydroxyl groups excluding tert-OH is 1. The zero-order chi connectivity index (χ0) is 17.4. The number of anilines is 1. The molecule has 0 fully saturated rings. The minimum atomic E-state index is -0.648. The molecule has 0 amide bonds. The van der Waals surface area contributed by atoms with Crippen LogP contribution < -0.4 is 10.9 Å². The molecule has 0 aliphatic carbocycles. The molecule has 1 atom stereocenters. The molecule has 0 saturated carbocycles. The van der Waals surface area contributed by atoms with E-state index in [-0.39, 0.29) is 5.56 Å². The number of imidazole rings is 1. The first-order valence-electron chi connectivity index (χ1n) is 8.08. The number of aromatic amines is 2. The van der Waals surface area contributed by atoms with Crippen molar-refractivity contribution in [3.63, 3.8) is 0 Å². The lowest BCUT2D eigenvalue weighted by atomic mass is 10.0. The topological polar surface area (TPSA) is 107 Å². The molecule has 0 aliphatic heterocycles. The standard InChI is InChI=1S/C18H17N5O2/c1-2-15(24)21-18-19-13-8-7-10(9-14(13)20-18)16-11-5-3-4-6-12(11)17(25)23-22-16/h3-9,15,24H,2H2,1H3,(H,23,25)(H2,19,20,21). The Morgan fingerprint density at radius 2 is 2.00 bits per heavy atom. The Morgan fingerprint density at radius 1 is 1.20 bits per heavy atom. The quantitative estimate of drug-likeness (QED) is 0.429. The van der Waals surface area contributed by atoms with Crippen LogP contribution in [0.25, 0.3) is 33.1 Å². The minimum absolute atomic E-state index is 0.208. The van der Waals surface area contributed by atoms with Gasteiger partial charge >= 0.3 is 0 Å². The number of aliphatic hydroxyl groups is 1. The first kappa shape index (κ1) is 15.3. The smallest absolute Gasteiger partial charge is 0.272 e. The molecule has 126 valence electrons. The van der Waals surface area contributed by atoms with Crippen LogP contribution in [-0.4, -0.2) is 31.5 Å². The van der Waals surface area contributed by atoms with Gasteiger partial charge in [0.05, 0.1) is 22.1 Å². The van der Waals surface area contributed by atoms with Gasteiger partial charge < -0.3 is 15.4 Å². The molecule has 7 nitrogen and oxygen atoms in total. The molecule has 4 aromatic rings. The fourth-order valence-electron chi connectivity index (χ4n) is 2.82. The van der Waals surface area contributed by atoms with Crippen LogP contribution in [0.2, 0.25) is 0 Å². The monoisotopic (exact) mass is 335 g/mol. The molecule has 1 unspecified atom stereocenters. The van der Waals surface area contributed by atoms with E-state index in [1.54, 1.807) is 6.07 Å². The van der Waals surface area contributed by atoms with E-state index < -0.39 is 6.23 Å². The highest BCUT2D eigenvalue weighted by atomic mass is 16.3. The molecule has 0 bridgehead atoms. The Kier molecular flexibility index (Phi) is 3.70. The summed E-state index contributed by atoms with van der Waals surface area (Å²) in [5, 5.41) is 20.8. The Morgan fingerprint density at radius 3 is 2.80 bits per heavy atom. The predicted octanol–water partition coefficient (Wildman–Crippen LogP) is 2.61. The first-order valence-corrected chi connectivity index (χ1v) is 8.08. The van der Waals surface area contributed by atoms with Gasteiger partial charge in [0, 0.05) is 10.9 Å². The van der Waals surface area contributed by atoms with Crippen molar-refractivity contribution >= 4 is 27.8 Å². The molecular weight excluding hydrogens is 318 g/mol. The van der Waals surface area contributed by atoms with Gasteiger partial charge in [0.2, 0.25) is 5.95 Å². The van der Waals surface area contributed by atoms with E-state index in [2.05, 4.69) is 25.5 Å². The SMILES string of the molecule is CCC(O)Nc1nc2cc(-c3n[nH]c(=O)c4ccccc34)ccc2[nH]1. The molecule has 2 aromatic carbocycles. The third-order valence-electron chi connectivity index (χ3n) is 4.14. The normalized spacial score (nSPS) is 12.6. The van der Waals surface area contributed by atoms with Crippen molar-refractivity contribution < 1.29 is 5.11 Å². The number of fused-ring (bicyclic) bond motifs is 2. The van der Waals surface area contributed by atoms with Crippen molar-refractivity contribution in [3.8, 4) is 11.3 Å². The van der Waals surface area contributed by atoms with Gasteiger partial charge in [-0.25, -0.2) is 10.1 Å². The largest absolute Gasteiger partial charge is 0.374 e. The van der Waals surface area contributed by atoms with Crippen LogP contribution >= 0.6 is 0 Å². The molecule has 0 radical (unpaired) electrons. The lowest BCUT2D eigenvalue weighted by molar-refractivity contribution is 0.198. The summed E-state index contributed by atoms with van der Waals surface area (Å²) in [5.41, 5.74) is 2.95. The van der Waals surface area contributed by atoms with Gasteiger partial charge in [0.15, 0.2) is 0 Å². The van der Waals surface area contributed by atoms with Gasteiger partial charge in [-0.1, -0.05) is 31.2 Å². The lowest BCUT2D eigenvalue weighted by Crippen LogP contribution is -2.17. The zero-order valence-corrected chi connectivity index (χ0v) is 13.6. The molecule has 25 heavy (non-hydrogen) atoms. The number of hydrogen-bond donors (Lipinski definition) is 4. The van der Waals surface area contributed by atoms with Crippen LogP contribution in [-0.2, 0) is 0 Å². The van der Waals surface area contributed by atoms with Gasteiger partial charge in [0.1, 0.15) is 6.23 Å². The van der Waals surface area contributed by atoms with Crippen LogP contribution in [0.15, 0.2) is 47.3 Å². The third-order valence-corrected chi connectivity index (χ3v) is 4.14. The predicted molar refractivity (Wildman–Crippen MR) is 97.4 cm³/mol. The number of nitrogens with one attached hydrogen (secondary N) is 3. The number of H-pyrrole nitrogens is 2. The van der Waals surface area contributed by atoms with Crippen molar-refractivity contribution in [2.75, 3.05) is 5.32 Å². The summed E-state index contributed by atoms with van der Waals surface area (Å²) in [7, 11) is 0. The third kappa shape index (κ3) is 2.74. The molecular formula is C18H17N5O2. The number of benzene rings is 2. The molecule has 4 rings (SSSR count). The van der Waals surface area contributed by atoms with Crippen molar-refractivity contribution in [1.82, 2.24) is 20.2 Å². The van der Waals surface area contributed by atoms with E-state index in [4.69, 9.17) is 0 Å². The van der Waals surface area contributed by atoms with Crippen LogP contribution in [0.3, 0.4) is 0 Å². The Labute approximate surface area is 142 Å². The fraction of sp³-hybridized carbons (Fsp3) is 0.167. The summed E-state index contributed by atoms with van der Waals surface area (Å²) in [4.78, 5) is 19.5. The van der Waals surface area contributed by atoms with Crippen molar-refractivity contribution in [2.24, 2.45) is 0 Å². The zero-order valence-electron chi connectivity index (χ0n) is 13.6. The maximum absolute atomic E-state index is 11.9.